The predicted molar refractivity (Wildman–Crippen MR) is 80.4 cm³/mol. The number of hydrogen-bond acceptors (Lipinski definition) is 4. The third-order valence-corrected chi connectivity index (χ3v) is 4.04. The van der Waals surface area contributed by atoms with Crippen LogP contribution in [0.4, 0.5) is 4.39 Å². The van der Waals surface area contributed by atoms with E-state index in [1.165, 1.54) is 18.5 Å². The molecule has 1 aliphatic heterocycles. The third kappa shape index (κ3) is 3.28. The smallest absolute Gasteiger partial charge is 0.255 e. The number of Topliss-reactive ketones (excluding diaryl/α,β-unsaturated/α-hetero) is 1. The molecule has 0 N–H and O–H groups in total. The maximum atomic E-state index is 13.2. The van der Waals surface area contributed by atoms with Crippen molar-refractivity contribution in [3.05, 3.63) is 47.8 Å². The van der Waals surface area contributed by atoms with Gasteiger partial charge >= 0.3 is 0 Å². The standard InChI is InChI=1S/C16H17FN4O2/c1-20-10-12(8-19-20)15(22)6-14-3-2-4-21(14)16(23)11-5-13(17)9-18-7-11/h5,7-10,14H,2-4,6H2,1H3/t14-/m0/s1. The van der Waals surface area contributed by atoms with Crippen molar-refractivity contribution >= 4 is 11.7 Å². The summed E-state index contributed by atoms with van der Waals surface area (Å²) in [5, 5.41) is 3.99. The van der Waals surface area contributed by atoms with Crippen LogP contribution in [0.5, 0.6) is 0 Å². The Labute approximate surface area is 132 Å². The second kappa shape index (κ2) is 6.28. The number of hydrogen-bond donors (Lipinski definition) is 0. The van der Waals surface area contributed by atoms with E-state index in [2.05, 4.69) is 10.1 Å². The molecule has 2 aromatic heterocycles. The van der Waals surface area contributed by atoms with Crippen molar-refractivity contribution in [1.29, 1.82) is 0 Å². The zero-order valence-electron chi connectivity index (χ0n) is 12.8. The molecule has 23 heavy (non-hydrogen) atoms. The Morgan fingerprint density at radius 3 is 2.83 bits per heavy atom. The molecule has 0 aliphatic carbocycles. The molecular formula is C16H17FN4O2. The number of amides is 1. The Bertz CT molecular complexity index is 743. The number of likely N-dealkylation sites (tertiary alicyclic amines) is 1. The maximum Gasteiger partial charge on any atom is 0.255 e. The summed E-state index contributed by atoms with van der Waals surface area (Å²) >= 11 is 0. The Morgan fingerprint density at radius 2 is 2.13 bits per heavy atom. The number of halogens is 1. The fourth-order valence-corrected chi connectivity index (χ4v) is 2.91. The van der Waals surface area contributed by atoms with Crippen LogP contribution in [-0.4, -0.2) is 43.9 Å². The lowest BCUT2D eigenvalue weighted by molar-refractivity contribution is 0.0716. The molecule has 0 radical (unpaired) electrons. The van der Waals surface area contributed by atoms with Crippen LogP contribution >= 0.6 is 0 Å². The zero-order chi connectivity index (χ0) is 16.4. The molecule has 1 amide bonds. The average Bonchev–Trinajstić information content (AvgIpc) is 3.15. The van der Waals surface area contributed by atoms with Crippen LogP contribution in [0.1, 0.15) is 40.0 Å². The molecule has 6 nitrogen and oxygen atoms in total. The van der Waals surface area contributed by atoms with E-state index in [1.807, 2.05) is 0 Å². The molecule has 0 bridgehead atoms. The number of aryl methyl sites for hydroxylation is 1. The molecular weight excluding hydrogens is 299 g/mol. The number of aromatic nitrogens is 3. The molecule has 0 spiro atoms. The first-order valence-corrected chi connectivity index (χ1v) is 7.48. The van der Waals surface area contributed by atoms with Crippen molar-refractivity contribution in [2.45, 2.75) is 25.3 Å². The third-order valence-electron chi connectivity index (χ3n) is 4.04. The minimum atomic E-state index is -0.543. The molecule has 0 saturated carbocycles. The highest BCUT2D eigenvalue weighted by molar-refractivity contribution is 5.97. The van der Waals surface area contributed by atoms with Gasteiger partial charge in [-0.3, -0.25) is 19.3 Å². The van der Waals surface area contributed by atoms with Crippen LogP contribution in [0.2, 0.25) is 0 Å². The number of rotatable bonds is 4. The second-order valence-corrected chi connectivity index (χ2v) is 5.72. The van der Waals surface area contributed by atoms with Crippen LogP contribution in [0.15, 0.2) is 30.9 Å². The first-order chi connectivity index (χ1) is 11.0. The van der Waals surface area contributed by atoms with E-state index < -0.39 is 5.82 Å². The summed E-state index contributed by atoms with van der Waals surface area (Å²) in [5.74, 6) is -0.864. The van der Waals surface area contributed by atoms with E-state index in [0.717, 1.165) is 19.0 Å². The van der Waals surface area contributed by atoms with Crippen LogP contribution in [0.25, 0.3) is 0 Å². The van der Waals surface area contributed by atoms with E-state index in [-0.39, 0.29) is 29.7 Å². The molecule has 3 rings (SSSR count). The van der Waals surface area contributed by atoms with Gasteiger partial charge in [-0.25, -0.2) is 4.39 Å². The fraction of sp³-hybridized carbons (Fsp3) is 0.375. The molecule has 0 unspecified atom stereocenters. The van der Waals surface area contributed by atoms with Gasteiger partial charge in [-0.2, -0.15) is 5.10 Å². The Kier molecular flexibility index (Phi) is 4.18. The van der Waals surface area contributed by atoms with E-state index in [1.54, 1.807) is 22.8 Å². The summed E-state index contributed by atoms with van der Waals surface area (Å²) in [6.45, 7) is 0.570. The van der Waals surface area contributed by atoms with E-state index in [0.29, 0.717) is 12.1 Å². The number of pyridine rings is 1. The number of carbonyl (C=O) groups is 2. The number of ketones is 1. The van der Waals surface area contributed by atoms with Crippen molar-refractivity contribution in [2.24, 2.45) is 7.05 Å². The maximum absolute atomic E-state index is 13.2. The van der Waals surface area contributed by atoms with Crippen LogP contribution in [0, 0.1) is 5.82 Å². The number of carbonyl (C=O) groups excluding carboxylic acids is 2. The first-order valence-electron chi connectivity index (χ1n) is 7.48. The second-order valence-electron chi connectivity index (χ2n) is 5.72. The van der Waals surface area contributed by atoms with Crippen molar-refractivity contribution < 1.29 is 14.0 Å². The largest absolute Gasteiger partial charge is 0.335 e. The quantitative estimate of drug-likeness (QED) is 0.807. The molecule has 1 saturated heterocycles. The lowest BCUT2D eigenvalue weighted by atomic mass is 10.0. The van der Waals surface area contributed by atoms with Gasteiger partial charge in [-0.1, -0.05) is 0 Å². The van der Waals surface area contributed by atoms with Crippen LogP contribution in [-0.2, 0) is 7.05 Å². The summed E-state index contributed by atoms with van der Waals surface area (Å²) in [5.41, 5.74) is 0.755. The molecule has 1 aliphatic rings. The normalized spacial score (nSPS) is 17.5. The van der Waals surface area contributed by atoms with Crippen molar-refractivity contribution in [3.8, 4) is 0 Å². The first kappa shape index (κ1) is 15.3. The molecule has 3 heterocycles. The molecule has 1 fully saturated rings. The van der Waals surface area contributed by atoms with Gasteiger partial charge in [-0.05, 0) is 18.9 Å². The Balaban J connectivity index is 1.72. The number of nitrogens with zero attached hydrogens (tertiary/aromatic N) is 4. The molecule has 1 atom stereocenters. The predicted octanol–water partition coefficient (Wildman–Crippen LogP) is 1.83. The van der Waals surface area contributed by atoms with Crippen molar-refractivity contribution in [3.63, 3.8) is 0 Å². The highest BCUT2D eigenvalue weighted by Gasteiger charge is 2.31. The SMILES string of the molecule is Cn1cc(C(=O)C[C@@H]2CCCN2C(=O)c2cncc(F)c2)cn1. The summed E-state index contributed by atoms with van der Waals surface area (Å²) < 4.78 is 14.8. The molecule has 120 valence electrons. The molecule has 0 aromatic carbocycles. The van der Waals surface area contributed by atoms with Gasteiger partial charge in [0.25, 0.3) is 5.91 Å². The van der Waals surface area contributed by atoms with E-state index >= 15 is 0 Å². The van der Waals surface area contributed by atoms with Gasteiger partial charge < -0.3 is 4.90 Å². The van der Waals surface area contributed by atoms with Gasteiger partial charge in [-0.15, -0.1) is 0 Å². The monoisotopic (exact) mass is 316 g/mol. The van der Waals surface area contributed by atoms with Crippen molar-refractivity contribution in [2.75, 3.05) is 6.54 Å². The topological polar surface area (TPSA) is 68.1 Å². The molecule has 7 heteroatoms. The van der Waals surface area contributed by atoms with Gasteiger partial charge in [0, 0.05) is 38.4 Å². The fourth-order valence-electron chi connectivity index (χ4n) is 2.91. The Morgan fingerprint density at radius 1 is 1.30 bits per heavy atom. The van der Waals surface area contributed by atoms with Gasteiger partial charge in [0.15, 0.2) is 5.78 Å². The Hall–Kier alpha value is -2.57. The summed E-state index contributed by atoms with van der Waals surface area (Å²) in [4.78, 5) is 30.2. The molecule has 2 aromatic rings. The highest BCUT2D eigenvalue weighted by Crippen LogP contribution is 2.24. The highest BCUT2D eigenvalue weighted by atomic mass is 19.1. The summed E-state index contributed by atoms with van der Waals surface area (Å²) in [6.07, 6.45) is 7.45. The van der Waals surface area contributed by atoms with Gasteiger partial charge in [0.05, 0.1) is 23.5 Å². The van der Waals surface area contributed by atoms with E-state index in [4.69, 9.17) is 0 Å². The lowest BCUT2D eigenvalue weighted by Crippen LogP contribution is -2.37. The van der Waals surface area contributed by atoms with Crippen molar-refractivity contribution in [1.82, 2.24) is 19.7 Å². The van der Waals surface area contributed by atoms with Gasteiger partial charge in [0.2, 0.25) is 0 Å². The minimum absolute atomic E-state index is 0.0415. The zero-order valence-corrected chi connectivity index (χ0v) is 12.8. The van der Waals surface area contributed by atoms with E-state index in [9.17, 15) is 14.0 Å². The van der Waals surface area contributed by atoms with Crippen LogP contribution in [0.3, 0.4) is 0 Å². The van der Waals surface area contributed by atoms with Crippen LogP contribution < -0.4 is 0 Å². The minimum Gasteiger partial charge on any atom is -0.335 e. The average molecular weight is 316 g/mol. The summed E-state index contributed by atoms with van der Waals surface area (Å²) in [7, 11) is 1.75. The van der Waals surface area contributed by atoms with Gasteiger partial charge in [0.1, 0.15) is 5.82 Å². The lowest BCUT2D eigenvalue weighted by Gasteiger charge is -2.24. The summed E-state index contributed by atoms with van der Waals surface area (Å²) in [6, 6.07) is 1.01.